The van der Waals surface area contributed by atoms with Crippen LogP contribution in [0.3, 0.4) is 0 Å². The molecule has 2 unspecified atom stereocenters. The maximum atomic E-state index is 13.4. The highest BCUT2D eigenvalue weighted by Crippen LogP contribution is 2.40. The Morgan fingerprint density at radius 2 is 1.70 bits per heavy atom. The first-order valence-electron chi connectivity index (χ1n) is 18.9. The van der Waals surface area contributed by atoms with Crippen LogP contribution in [-0.4, -0.2) is 103 Å². The first-order valence-corrected chi connectivity index (χ1v) is 19.3. The van der Waals surface area contributed by atoms with Crippen molar-refractivity contribution in [3.05, 3.63) is 29.3 Å². The molecule has 5 amide bonds. The summed E-state index contributed by atoms with van der Waals surface area (Å²) in [6.45, 7) is 8.81. The van der Waals surface area contributed by atoms with Crippen molar-refractivity contribution < 1.29 is 28.7 Å². The summed E-state index contributed by atoms with van der Waals surface area (Å²) in [5, 5.41) is 14.7. The Morgan fingerprint density at radius 3 is 2.38 bits per heavy atom. The van der Waals surface area contributed by atoms with Crippen LogP contribution in [0.1, 0.15) is 97.8 Å². The van der Waals surface area contributed by atoms with E-state index in [1.165, 1.54) is 0 Å². The second kappa shape index (κ2) is 21.7. The highest BCUT2D eigenvalue weighted by Gasteiger charge is 2.43. The van der Waals surface area contributed by atoms with E-state index in [1.807, 2.05) is 20.8 Å². The molecule has 9 N–H and O–H groups in total. The maximum Gasteiger partial charge on any atom is 0.313 e. The fourth-order valence-corrected chi connectivity index (χ4v) is 7.30. The summed E-state index contributed by atoms with van der Waals surface area (Å²) >= 11 is 5.92. The van der Waals surface area contributed by atoms with Crippen LogP contribution in [0.15, 0.2) is 29.3 Å². The van der Waals surface area contributed by atoms with Crippen molar-refractivity contribution in [3.63, 3.8) is 0 Å². The van der Waals surface area contributed by atoms with E-state index in [0.717, 1.165) is 32.1 Å². The van der Waals surface area contributed by atoms with Gasteiger partial charge in [-0.1, -0.05) is 30.9 Å². The fourth-order valence-electron chi connectivity index (χ4n) is 7.17. The lowest BCUT2D eigenvalue weighted by molar-refractivity contribution is -0.137. The van der Waals surface area contributed by atoms with Gasteiger partial charge >= 0.3 is 11.8 Å². The molecule has 16 heteroatoms. The first kappa shape index (κ1) is 43.5. The largest absolute Gasteiger partial charge is 0.376 e. The van der Waals surface area contributed by atoms with Gasteiger partial charge in [0, 0.05) is 74.5 Å². The van der Waals surface area contributed by atoms with Crippen molar-refractivity contribution in [3.8, 4) is 0 Å². The maximum absolute atomic E-state index is 13.4. The van der Waals surface area contributed by atoms with Crippen molar-refractivity contribution >= 4 is 52.8 Å². The number of carbonyl (C=O) groups excluding carboxylic acids is 5. The molecule has 53 heavy (non-hydrogen) atoms. The quantitative estimate of drug-likeness (QED) is 0.0475. The smallest absolute Gasteiger partial charge is 0.313 e. The molecular formula is C37H60ClN9O6. The molecule has 1 aromatic carbocycles. The zero-order valence-corrected chi connectivity index (χ0v) is 32.3. The monoisotopic (exact) mass is 761 g/mol. The normalized spacial score (nSPS) is 17.6. The number of aliphatic imine (C=N–C) groups is 1. The molecule has 0 aromatic heterocycles. The minimum absolute atomic E-state index is 0.00521. The average molecular weight is 762 g/mol. The third-order valence-corrected chi connectivity index (χ3v) is 10.2. The Balaban J connectivity index is 1.52. The number of rotatable bonds is 19. The SMILES string of the molecule is CCOC(C)(C)CCNC(=O)CCC(=O)NC(CCCN=C(N)N)C(=O)NCCN1CCC(NC(=O)C(=O)Nc2ccc(Cl)cc2)CC12CCCCC2. The van der Waals surface area contributed by atoms with Crippen molar-refractivity contribution in [1.82, 2.24) is 26.2 Å². The molecule has 2 aliphatic rings. The van der Waals surface area contributed by atoms with Crippen LogP contribution >= 0.6 is 11.6 Å². The Kier molecular flexibility index (Phi) is 17.8. The number of piperidine rings is 1. The number of hydrogen-bond donors (Lipinski definition) is 7. The van der Waals surface area contributed by atoms with Gasteiger partial charge in [-0.15, -0.1) is 0 Å². The lowest BCUT2D eigenvalue weighted by atomic mass is 9.73. The molecule has 1 saturated carbocycles. The van der Waals surface area contributed by atoms with E-state index in [1.54, 1.807) is 24.3 Å². The number of hydrogen-bond acceptors (Lipinski definition) is 8. The van der Waals surface area contributed by atoms with Gasteiger partial charge in [-0.25, -0.2) is 0 Å². The number of halogens is 1. The summed E-state index contributed by atoms with van der Waals surface area (Å²) in [6, 6.07) is 5.58. The Bertz CT molecular complexity index is 1400. The van der Waals surface area contributed by atoms with E-state index in [2.05, 4.69) is 36.5 Å². The van der Waals surface area contributed by atoms with Crippen molar-refractivity contribution in [1.29, 1.82) is 0 Å². The molecule has 15 nitrogen and oxygen atoms in total. The number of ether oxygens (including phenoxy) is 1. The molecule has 0 bridgehead atoms. The van der Waals surface area contributed by atoms with Gasteiger partial charge in [-0.2, -0.15) is 0 Å². The van der Waals surface area contributed by atoms with Crippen LogP contribution in [0.2, 0.25) is 5.02 Å². The van der Waals surface area contributed by atoms with Crippen LogP contribution in [-0.2, 0) is 28.7 Å². The predicted molar refractivity (Wildman–Crippen MR) is 206 cm³/mol. The fraction of sp³-hybridized carbons (Fsp3) is 0.676. The summed E-state index contributed by atoms with van der Waals surface area (Å²) in [5.74, 6) is -2.42. The molecular weight excluding hydrogens is 702 g/mol. The van der Waals surface area contributed by atoms with E-state index < -0.39 is 23.8 Å². The number of nitrogens with one attached hydrogen (secondary N) is 5. The van der Waals surface area contributed by atoms with Gasteiger partial charge in [0.05, 0.1) is 5.60 Å². The molecule has 296 valence electrons. The minimum atomic E-state index is -0.824. The highest BCUT2D eigenvalue weighted by atomic mass is 35.5. The molecule has 2 atom stereocenters. The summed E-state index contributed by atoms with van der Waals surface area (Å²) in [7, 11) is 0. The highest BCUT2D eigenvalue weighted by molar-refractivity contribution is 6.39. The molecule has 1 aliphatic carbocycles. The molecule has 1 heterocycles. The van der Waals surface area contributed by atoms with E-state index in [9.17, 15) is 24.0 Å². The van der Waals surface area contributed by atoms with Crippen LogP contribution in [0, 0.1) is 0 Å². The number of likely N-dealkylation sites (tertiary alicyclic amines) is 1. The van der Waals surface area contributed by atoms with Gasteiger partial charge in [0.2, 0.25) is 17.7 Å². The number of benzene rings is 1. The number of nitrogens with two attached hydrogens (primary N) is 2. The zero-order chi connectivity index (χ0) is 38.9. The molecule has 1 spiro atoms. The number of carbonyl (C=O) groups is 5. The number of guanidine groups is 1. The van der Waals surface area contributed by atoms with Crippen LogP contribution in [0.25, 0.3) is 0 Å². The van der Waals surface area contributed by atoms with Gasteiger partial charge in [-0.3, -0.25) is 33.9 Å². The van der Waals surface area contributed by atoms with Crippen LogP contribution in [0.4, 0.5) is 5.69 Å². The summed E-state index contributed by atoms with van der Waals surface area (Å²) in [5.41, 5.74) is 10.9. The Labute approximate surface area is 318 Å². The number of anilines is 1. The van der Waals surface area contributed by atoms with E-state index in [0.29, 0.717) is 82.1 Å². The van der Waals surface area contributed by atoms with Gasteiger partial charge in [-0.05, 0) is 90.0 Å². The van der Waals surface area contributed by atoms with Gasteiger partial charge in [0.25, 0.3) is 0 Å². The Morgan fingerprint density at radius 1 is 1.00 bits per heavy atom. The van der Waals surface area contributed by atoms with Crippen LogP contribution in [0.5, 0.6) is 0 Å². The lowest BCUT2D eigenvalue weighted by Gasteiger charge is -2.52. The summed E-state index contributed by atoms with van der Waals surface area (Å²) in [6.07, 6.45) is 7.92. The molecule has 3 rings (SSSR count). The van der Waals surface area contributed by atoms with Gasteiger partial charge in [0.15, 0.2) is 5.96 Å². The van der Waals surface area contributed by atoms with E-state index >= 15 is 0 Å². The van der Waals surface area contributed by atoms with Gasteiger partial charge in [0.1, 0.15) is 6.04 Å². The summed E-state index contributed by atoms with van der Waals surface area (Å²) in [4.78, 5) is 70.5. The van der Waals surface area contributed by atoms with E-state index in [4.69, 9.17) is 27.8 Å². The van der Waals surface area contributed by atoms with E-state index in [-0.39, 0.29) is 47.8 Å². The molecule has 0 radical (unpaired) electrons. The average Bonchev–Trinajstić information content (AvgIpc) is 3.10. The summed E-state index contributed by atoms with van der Waals surface area (Å²) < 4.78 is 5.66. The zero-order valence-electron chi connectivity index (χ0n) is 31.6. The third kappa shape index (κ3) is 15.5. The van der Waals surface area contributed by atoms with Crippen molar-refractivity contribution in [2.45, 2.75) is 121 Å². The number of amides is 5. The van der Waals surface area contributed by atoms with Crippen molar-refractivity contribution in [2.24, 2.45) is 16.5 Å². The second-order valence-electron chi connectivity index (χ2n) is 14.5. The van der Waals surface area contributed by atoms with Gasteiger partial charge < -0.3 is 42.8 Å². The third-order valence-electron chi connectivity index (χ3n) is 9.91. The lowest BCUT2D eigenvalue weighted by Crippen LogP contribution is -2.61. The standard InChI is InChI=1S/C37H60ClN9O6/c1-4-53-36(2,3)19-21-41-30(48)14-15-31(49)46-29(9-8-20-43-35(39)40)32(50)42-22-24-47-23-16-28(25-37(47)17-6-5-7-18-37)45-34(52)33(51)44-27-12-10-26(38)11-13-27/h10-13,28-29H,4-9,14-25H2,1-3H3,(H,41,48)(H,42,50)(H,44,51)(H,45,52)(H,46,49)(H4,39,40,43). The van der Waals surface area contributed by atoms with Crippen LogP contribution < -0.4 is 38.1 Å². The molecule has 1 aromatic rings. The molecule has 1 saturated heterocycles. The second-order valence-corrected chi connectivity index (χ2v) is 15.0. The first-order chi connectivity index (χ1) is 25.2. The predicted octanol–water partition coefficient (Wildman–Crippen LogP) is 2.32. The van der Waals surface area contributed by atoms with Crippen molar-refractivity contribution in [2.75, 3.05) is 44.6 Å². The Hall–Kier alpha value is -3.95. The topological polar surface area (TPSA) is 222 Å². The molecule has 1 aliphatic heterocycles. The molecule has 2 fully saturated rings. The number of nitrogens with zero attached hydrogens (tertiary/aromatic N) is 2. The minimum Gasteiger partial charge on any atom is -0.376 e.